The maximum atomic E-state index is 11.2. The molecule has 2 fully saturated rings. The fourth-order valence-corrected chi connectivity index (χ4v) is 2.66. The monoisotopic (exact) mass is 212 g/mol. The summed E-state index contributed by atoms with van der Waals surface area (Å²) in [6, 6.07) is -0.209. The fraction of sp³-hybridized carbons (Fsp3) is 0.800. The summed E-state index contributed by atoms with van der Waals surface area (Å²) >= 11 is 0. The standard InChI is InChI=1S/C10H16N2O3/c11-9(13)8-2-1-5-12(8)7-4-3-6(7)10(14)15/h6-8H,1-5H2,(H2,11,13)(H,14,15). The van der Waals surface area contributed by atoms with Crippen LogP contribution in [0.25, 0.3) is 0 Å². The number of nitrogens with zero attached hydrogens (tertiary/aromatic N) is 1. The number of likely N-dealkylation sites (tertiary alicyclic amines) is 1. The van der Waals surface area contributed by atoms with Gasteiger partial charge in [-0.1, -0.05) is 0 Å². The van der Waals surface area contributed by atoms with Gasteiger partial charge in [-0.15, -0.1) is 0 Å². The zero-order valence-electron chi connectivity index (χ0n) is 8.56. The topological polar surface area (TPSA) is 83.6 Å². The highest BCUT2D eigenvalue weighted by atomic mass is 16.4. The Morgan fingerprint density at radius 3 is 2.47 bits per heavy atom. The van der Waals surface area contributed by atoms with Crippen LogP contribution in [-0.4, -0.2) is 40.5 Å². The molecule has 0 bridgehead atoms. The maximum Gasteiger partial charge on any atom is 0.308 e. The van der Waals surface area contributed by atoms with Gasteiger partial charge in [0.05, 0.1) is 12.0 Å². The lowest BCUT2D eigenvalue weighted by molar-refractivity contribution is -0.150. The van der Waals surface area contributed by atoms with Gasteiger partial charge in [-0.05, 0) is 32.2 Å². The average molecular weight is 212 g/mol. The molecule has 0 aromatic rings. The molecule has 2 aliphatic rings. The predicted octanol–water partition coefficient (Wildman–Crippen LogP) is -0.201. The van der Waals surface area contributed by atoms with Gasteiger partial charge >= 0.3 is 5.97 Å². The Bertz CT molecular complexity index is 292. The second-order valence-electron chi connectivity index (χ2n) is 4.39. The minimum atomic E-state index is -0.749. The summed E-state index contributed by atoms with van der Waals surface area (Å²) < 4.78 is 0. The quantitative estimate of drug-likeness (QED) is 0.678. The van der Waals surface area contributed by atoms with E-state index in [2.05, 4.69) is 0 Å². The maximum absolute atomic E-state index is 11.2. The molecule has 1 saturated carbocycles. The van der Waals surface area contributed by atoms with Crippen molar-refractivity contribution in [2.75, 3.05) is 6.54 Å². The van der Waals surface area contributed by atoms with Crippen LogP contribution in [0.15, 0.2) is 0 Å². The first-order valence-electron chi connectivity index (χ1n) is 5.39. The van der Waals surface area contributed by atoms with Crippen LogP contribution in [0.3, 0.4) is 0 Å². The Morgan fingerprint density at radius 2 is 2.00 bits per heavy atom. The Balaban J connectivity index is 2.04. The molecular formula is C10H16N2O3. The number of carboxylic acid groups (broad SMARTS) is 1. The van der Waals surface area contributed by atoms with Crippen LogP contribution in [-0.2, 0) is 9.59 Å². The number of carbonyl (C=O) groups is 2. The first-order chi connectivity index (χ1) is 7.11. The Hall–Kier alpha value is -1.10. The van der Waals surface area contributed by atoms with Gasteiger partial charge in [-0.2, -0.15) is 0 Å². The third-order valence-corrected chi connectivity index (χ3v) is 3.60. The zero-order valence-corrected chi connectivity index (χ0v) is 8.56. The number of nitrogens with two attached hydrogens (primary N) is 1. The summed E-state index contributed by atoms with van der Waals surface area (Å²) in [6.45, 7) is 0.808. The van der Waals surface area contributed by atoms with Crippen LogP contribution in [0.5, 0.6) is 0 Å². The van der Waals surface area contributed by atoms with E-state index < -0.39 is 5.97 Å². The number of primary amides is 1. The van der Waals surface area contributed by atoms with Crippen LogP contribution >= 0.6 is 0 Å². The summed E-state index contributed by atoms with van der Waals surface area (Å²) in [4.78, 5) is 24.0. The van der Waals surface area contributed by atoms with Gasteiger partial charge in [-0.3, -0.25) is 14.5 Å². The summed E-state index contributed by atoms with van der Waals surface area (Å²) in [6.07, 6.45) is 3.32. The Kier molecular flexibility index (Phi) is 2.65. The fourth-order valence-electron chi connectivity index (χ4n) is 2.66. The molecule has 15 heavy (non-hydrogen) atoms. The van der Waals surface area contributed by atoms with Gasteiger partial charge < -0.3 is 10.8 Å². The van der Waals surface area contributed by atoms with Crippen molar-refractivity contribution in [1.29, 1.82) is 0 Å². The molecule has 1 amide bonds. The summed E-state index contributed by atoms with van der Waals surface area (Å²) in [5.74, 6) is -1.37. The smallest absolute Gasteiger partial charge is 0.308 e. The number of carbonyl (C=O) groups excluding carboxylic acids is 1. The van der Waals surface area contributed by atoms with Crippen molar-refractivity contribution in [3.05, 3.63) is 0 Å². The molecule has 1 aliphatic heterocycles. The van der Waals surface area contributed by atoms with Gasteiger partial charge in [0.15, 0.2) is 0 Å². The van der Waals surface area contributed by atoms with E-state index in [1.165, 1.54) is 0 Å². The van der Waals surface area contributed by atoms with Gasteiger partial charge in [0, 0.05) is 6.04 Å². The molecule has 1 heterocycles. The highest BCUT2D eigenvalue weighted by Gasteiger charge is 2.45. The summed E-state index contributed by atoms with van der Waals surface area (Å²) in [5, 5.41) is 8.95. The van der Waals surface area contributed by atoms with Gasteiger partial charge in [0.1, 0.15) is 0 Å². The first kappa shape index (κ1) is 10.4. The van der Waals surface area contributed by atoms with Gasteiger partial charge in [0.2, 0.25) is 5.91 Å². The number of rotatable bonds is 3. The van der Waals surface area contributed by atoms with Crippen LogP contribution in [0.2, 0.25) is 0 Å². The second kappa shape index (κ2) is 3.81. The molecule has 1 aliphatic carbocycles. The lowest BCUT2D eigenvalue weighted by Gasteiger charge is -2.42. The molecule has 3 N–H and O–H groups in total. The average Bonchev–Trinajstić information content (AvgIpc) is 2.49. The predicted molar refractivity (Wildman–Crippen MR) is 53.1 cm³/mol. The van der Waals surface area contributed by atoms with Crippen LogP contribution in [0.4, 0.5) is 0 Å². The van der Waals surface area contributed by atoms with E-state index in [0.717, 1.165) is 32.2 Å². The lowest BCUT2D eigenvalue weighted by Crippen LogP contribution is -2.54. The largest absolute Gasteiger partial charge is 0.481 e. The van der Waals surface area contributed by atoms with Crippen molar-refractivity contribution in [3.8, 4) is 0 Å². The SMILES string of the molecule is NC(=O)C1CCCN1C1CCC1C(=O)O. The first-order valence-corrected chi connectivity index (χ1v) is 5.39. The van der Waals surface area contributed by atoms with Crippen LogP contribution in [0, 0.1) is 5.92 Å². The number of aliphatic carboxylic acids is 1. The van der Waals surface area contributed by atoms with Gasteiger partial charge in [0.25, 0.3) is 0 Å². The minimum absolute atomic E-state index is 0.0301. The van der Waals surface area contributed by atoms with Crippen LogP contribution < -0.4 is 5.73 Å². The van der Waals surface area contributed by atoms with E-state index in [9.17, 15) is 9.59 Å². The molecule has 3 atom stereocenters. The molecular weight excluding hydrogens is 196 g/mol. The molecule has 0 spiro atoms. The molecule has 84 valence electrons. The van der Waals surface area contributed by atoms with Gasteiger partial charge in [-0.25, -0.2) is 0 Å². The highest BCUT2D eigenvalue weighted by molar-refractivity contribution is 5.80. The number of amides is 1. The lowest BCUT2D eigenvalue weighted by atomic mass is 9.78. The van der Waals surface area contributed by atoms with Crippen molar-refractivity contribution in [3.63, 3.8) is 0 Å². The van der Waals surface area contributed by atoms with Crippen molar-refractivity contribution >= 4 is 11.9 Å². The normalized spacial score (nSPS) is 36.1. The van der Waals surface area contributed by atoms with E-state index in [1.807, 2.05) is 4.90 Å². The molecule has 0 radical (unpaired) electrons. The molecule has 3 unspecified atom stereocenters. The minimum Gasteiger partial charge on any atom is -0.481 e. The summed E-state index contributed by atoms with van der Waals surface area (Å²) in [5.41, 5.74) is 5.30. The Labute approximate surface area is 88.2 Å². The van der Waals surface area contributed by atoms with Crippen molar-refractivity contribution in [2.45, 2.75) is 37.8 Å². The number of carboxylic acids is 1. The third kappa shape index (κ3) is 1.71. The zero-order chi connectivity index (χ0) is 11.0. The Morgan fingerprint density at radius 1 is 1.27 bits per heavy atom. The second-order valence-corrected chi connectivity index (χ2v) is 4.39. The summed E-state index contributed by atoms with van der Waals surface area (Å²) in [7, 11) is 0. The number of hydrogen-bond acceptors (Lipinski definition) is 3. The third-order valence-electron chi connectivity index (χ3n) is 3.60. The van der Waals surface area contributed by atoms with Crippen molar-refractivity contribution in [1.82, 2.24) is 4.90 Å². The van der Waals surface area contributed by atoms with Crippen molar-refractivity contribution in [2.24, 2.45) is 11.7 Å². The molecule has 5 heteroatoms. The van der Waals surface area contributed by atoms with E-state index in [1.54, 1.807) is 0 Å². The molecule has 2 rings (SSSR count). The molecule has 0 aromatic carbocycles. The van der Waals surface area contributed by atoms with E-state index in [-0.39, 0.29) is 23.9 Å². The van der Waals surface area contributed by atoms with Crippen molar-refractivity contribution < 1.29 is 14.7 Å². The molecule has 0 aromatic heterocycles. The van der Waals surface area contributed by atoms with Crippen LogP contribution in [0.1, 0.15) is 25.7 Å². The van der Waals surface area contributed by atoms with E-state index in [4.69, 9.17) is 10.8 Å². The highest BCUT2D eigenvalue weighted by Crippen LogP contribution is 2.36. The number of hydrogen-bond donors (Lipinski definition) is 2. The van der Waals surface area contributed by atoms with E-state index in [0.29, 0.717) is 0 Å². The molecule has 5 nitrogen and oxygen atoms in total. The molecule has 1 saturated heterocycles. The van der Waals surface area contributed by atoms with E-state index >= 15 is 0 Å².